The molecule has 49 heavy (non-hydrogen) atoms. The van der Waals surface area contributed by atoms with Crippen LogP contribution >= 0.6 is 0 Å². The van der Waals surface area contributed by atoms with Crippen molar-refractivity contribution >= 4 is 0 Å². The van der Waals surface area contributed by atoms with E-state index >= 15 is 0 Å². The molecule has 1 fully saturated rings. The highest BCUT2D eigenvalue weighted by molar-refractivity contribution is 5.88. The molecule has 2 unspecified atom stereocenters. The van der Waals surface area contributed by atoms with Crippen LogP contribution in [0.3, 0.4) is 0 Å². The number of hydrogen-bond donors (Lipinski definition) is 3. The molecule has 9 rings (SSSR count). The van der Waals surface area contributed by atoms with Crippen molar-refractivity contribution in [1.82, 2.24) is 16.0 Å². The van der Waals surface area contributed by atoms with Crippen LogP contribution < -0.4 is 16.0 Å². The molecular weight excluding hydrogens is 595 g/mol. The lowest BCUT2D eigenvalue weighted by Crippen LogP contribution is -2.54. The minimum atomic E-state index is -0.425. The Bertz CT molecular complexity index is 2130. The molecule has 3 heteroatoms. The van der Waals surface area contributed by atoms with Crippen LogP contribution in [0.2, 0.25) is 0 Å². The fraction of sp³-hybridized carbons (Fsp3) is 0.0870. The van der Waals surface area contributed by atoms with Gasteiger partial charge in [-0.1, -0.05) is 176 Å². The molecule has 2 aliphatic rings. The third kappa shape index (κ3) is 5.11. The molecule has 0 amide bonds. The molecular formula is C46H37N3. The van der Waals surface area contributed by atoms with Crippen LogP contribution in [0.1, 0.15) is 57.4 Å². The molecule has 7 aromatic rings. The van der Waals surface area contributed by atoms with Gasteiger partial charge in [0.05, 0.1) is 23.9 Å². The van der Waals surface area contributed by atoms with Gasteiger partial charge >= 0.3 is 0 Å². The smallest absolute Gasteiger partial charge is 0.0864 e. The van der Waals surface area contributed by atoms with Crippen molar-refractivity contribution in [3.8, 4) is 22.3 Å². The van der Waals surface area contributed by atoms with E-state index < -0.39 is 5.41 Å². The second-order valence-corrected chi connectivity index (χ2v) is 13.0. The highest BCUT2D eigenvalue weighted by Gasteiger charge is 2.46. The Morgan fingerprint density at radius 1 is 0.327 bits per heavy atom. The first-order chi connectivity index (χ1) is 24.3. The highest BCUT2D eigenvalue weighted by Crippen LogP contribution is 2.56. The third-order valence-corrected chi connectivity index (χ3v) is 10.3. The first-order valence-electron chi connectivity index (χ1n) is 17.1. The second kappa shape index (κ2) is 12.5. The van der Waals surface area contributed by atoms with E-state index in [4.69, 9.17) is 0 Å². The van der Waals surface area contributed by atoms with Crippen LogP contribution in [-0.4, -0.2) is 0 Å². The minimum Gasteiger partial charge on any atom is -0.279 e. The molecule has 1 heterocycles. The molecule has 2 atom stereocenters. The van der Waals surface area contributed by atoms with Gasteiger partial charge in [-0.15, -0.1) is 0 Å². The van der Waals surface area contributed by atoms with Crippen LogP contribution in [0.4, 0.5) is 0 Å². The minimum absolute atomic E-state index is 0.0165. The van der Waals surface area contributed by atoms with Crippen molar-refractivity contribution in [3.05, 3.63) is 227 Å². The molecule has 3 N–H and O–H groups in total. The second-order valence-electron chi connectivity index (χ2n) is 13.0. The normalized spacial score (nSPS) is 19.1. The van der Waals surface area contributed by atoms with E-state index in [1.807, 2.05) is 0 Å². The average Bonchev–Trinajstić information content (AvgIpc) is 3.49. The summed E-state index contributed by atoms with van der Waals surface area (Å²) < 4.78 is 0. The van der Waals surface area contributed by atoms with Crippen LogP contribution in [0.25, 0.3) is 22.3 Å². The van der Waals surface area contributed by atoms with Crippen molar-refractivity contribution in [2.75, 3.05) is 0 Å². The fourth-order valence-electron chi connectivity index (χ4n) is 8.03. The van der Waals surface area contributed by atoms with Crippen LogP contribution in [-0.2, 0) is 5.41 Å². The zero-order chi connectivity index (χ0) is 32.6. The zero-order valence-corrected chi connectivity index (χ0v) is 27.1. The first-order valence-corrected chi connectivity index (χ1v) is 17.1. The van der Waals surface area contributed by atoms with Gasteiger partial charge in [-0.3, -0.25) is 16.0 Å². The van der Waals surface area contributed by atoms with Crippen LogP contribution in [0.5, 0.6) is 0 Å². The van der Waals surface area contributed by atoms with Gasteiger partial charge in [-0.2, -0.15) is 0 Å². The summed E-state index contributed by atoms with van der Waals surface area (Å²) in [6, 6.07) is 68.3. The molecule has 0 bridgehead atoms. The molecule has 0 saturated carbocycles. The summed E-state index contributed by atoms with van der Waals surface area (Å²) in [6.45, 7) is 0. The maximum atomic E-state index is 3.85. The zero-order valence-electron chi connectivity index (χ0n) is 27.1. The molecule has 0 spiro atoms. The van der Waals surface area contributed by atoms with E-state index in [9.17, 15) is 0 Å². The SMILES string of the molecule is c1ccc(C2NC(c3ccccc3)NC(c3cccc(-c4ccc5c(c4)C(c4ccccc4)(c4ccccc4)c4ccccc4-5)c3)N2)cc1. The molecule has 7 aromatic carbocycles. The number of nitrogens with one attached hydrogen (secondary N) is 3. The van der Waals surface area contributed by atoms with E-state index in [-0.39, 0.29) is 18.5 Å². The number of rotatable bonds is 6. The summed E-state index contributed by atoms with van der Waals surface area (Å²) in [5.74, 6) is 0. The molecule has 0 aromatic heterocycles. The van der Waals surface area contributed by atoms with Gasteiger partial charge in [0.2, 0.25) is 0 Å². The fourth-order valence-corrected chi connectivity index (χ4v) is 8.03. The topological polar surface area (TPSA) is 36.1 Å². The predicted octanol–water partition coefficient (Wildman–Crippen LogP) is 9.90. The van der Waals surface area contributed by atoms with E-state index in [2.05, 4.69) is 204 Å². The van der Waals surface area contributed by atoms with Crippen molar-refractivity contribution in [2.45, 2.75) is 23.9 Å². The summed E-state index contributed by atoms with van der Waals surface area (Å²) in [4.78, 5) is 0. The van der Waals surface area contributed by atoms with E-state index in [0.717, 1.165) is 0 Å². The maximum Gasteiger partial charge on any atom is 0.0864 e. The van der Waals surface area contributed by atoms with Gasteiger partial charge in [0, 0.05) is 0 Å². The molecule has 236 valence electrons. The van der Waals surface area contributed by atoms with Crippen LogP contribution in [0, 0.1) is 0 Å². The van der Waals surface area contributed by atoms with Crippen molar-refractivity contribution in [3.63, 3.8) is 0 Å². The Labute approximate surface area is 288 Å². The summed E-state index contributed by atoms with van der Waals surface area (Å²) >= 11 is 0. The predicted molar refractivity (Wildman–Crippen MR) is 200 cm³/mol. The van der Waals surface area contributed by atoms with E-state index in [0.29, 0.717) is 0 Å². The van der Waals surface area contributed by atoms with E-state index in [1.165, 1.54) is 61.2 Å². The molecule has 3 nitrogen and oxygen atoms in total. The average molecular weight is 632 g/mol. The standard InChI is InChI=1S/C46H37N3/c1-5-16-32(17-6-1)43-47-44(33-18-7-2-8-19-33)49-45(48-43)36-21-15-20-34(30-36)35-28-29-40-39-26-13-14-27-41(39)46(42(40)31-35,37-22-9-3-10-23-37)38-24-11-4-12-25-38/h1-31,43-45,47-49H. The third-order valence-electron chi connectivity index (χ3n) is 10.3. The molecule has 1 saturated heterocycles. The first kappa shape index (κ1) is 29.6. The summed E-state index contributed by atoms with van der Waals surface area (Å²) in [7, 11) is 0. The van der Waals surface area contributed by atoms with Crippen molar-refractivity contribution in [2.24, 2.45) is 0 Å². The van der Waals surface area contributed by atoms with Crippen LogP contribution in [0.15, 0.2) is 188 Å². The lowest BCUT2D eigenvalue weighted by Gasteiger charge is -2.39. The number of fused-ring (bicyclic) bond motifs is 3. The lowest BCUT2D eigenvalue weighted by atomic mass is 9.67. The maximum absolute atomic E-state index is 3.85. The quantitative estimate of drug-likeness (QED) is 0.171. The molecule has 1 aliphatic heterocycles. The van der Waals surface area contributed by atoms with Gasteiger partial charge in [0.1, 0.15) is 0 Å². The summed E-state index contributed by atoms with van der Waals surface area (Å²) in [5.41, 5.74) is 13.4. The van der Waals surface area contributed by atoms with Gasteiger partial charge in [-0.25, -0.2) is 0 Å². The Balaban J connectivity index is 1.15. The van der Waals surface area contributed by atoms with Gasteiger partial charge in [0.15, 0.2) is 0 Å². The molecule has 0 radical (unpaired) electrons. The largest absolute Gasteiger partial charge is 0.279 e. The Morgan fingerprint density at radius 2 is 0.776 bits per heavy atom. The Hall–Kier alpha value is -5.58. The summed E-state index contributed by atoms with van der Waals surface area (Å²) in [5, 5.41) is 11.5. The monoisotopic (exact) mass is 631 g/mol. The van der Waals surface area contributed by atoms with Crippen molar-refractivity contribution in [1.29, 1.82) is 0 Å². The van der Waals surface area contributed by atoms with E-state index in [1.54, 1.807) is 0 Å². The number of hydrogen-bond acceptors (Lipinski definition) is 3. The van der Waals surface area contributed by atoms with Gasteiger partial charge in [0.25, 0.3) is 0 Å². The van der Waals surface area contributed by atoms with Gasteiger partial charge < -0.3 is 0 Å². The van der Waals surface area contributed by atoms with Gasteiger partial charge in [-0.05, 0) is 73.3 Å². The molecule has 1 aliphatic carbocycles. The Kier molecular flexibility index (Phi) is 7.52. The highest BCUT2D eigenvalue weighted by atomic mass is 15.4. The lowest BCUT2D eigenvalue weighted by molar-refractivity contribution is 0.203. The summed E-state index contributed by atoms with van der Waals surface area (Å²) in [6.07, 6.45) is -0.0997. The van der Waals surface area contributed by atoms with Crippen molar-refractivity contribution < 1.29 is 0 Å². The number of benzene rings is 7. The Morgan fingerprint density at radius 3 is 1.37 bits per heavy atom.